The van der Waals surface area contributed by atoms with Crippen molar-refractivity contribution in [3.05, 3.63) is 90.1 Å². The van der Waals surface area contributed by atoms with Gasteiger partial charge in [0.1, 0.15) is 21.8 Å². The summed E-state index contributed by atoms with van der Waals surface area (Å²) in [7, 11) is 0. The van der Waals surface area contributed by atoms with Crippen LogP contribution in [0.2, 0.25) is 5.15 Å². The number of nitriles is 1. The lowest BCUT2D eigenvalue weighted by Crippen LogP contribution is -2.02. The molecule has 5 nitrogen and oxygen atoms in total. The number of rotatable bonds is 3. The molecule has 0 radical (unpaired) electrons. The molecule has 5 aromatic rings. The second kappa shape index (κ2) is 8.56. The van der Waals surface area contributed by atoms with E-state index in [-0.39, 0.29) is 0 Å². The molecule has 0 saturated heterocycles. The summed E-state index contributed by atoms with van der Waals surface area (Å²) in [6.07, 6.45) is 1.66. The second-order valence-electron chi connectivity index (χ2n) is 7.40. The van der Waals surface area contributed by atoms with Crippen LogP contribution in [0.15, 0.2) is 67.6 Å². The van der Waals surface area contributed by atoms with Crippen molar-refractivity contribution in [1.82, 2.24) is 9.97 Å². The zero-order valence-electron chi connectivity index (χ0n) is 17.1. The SMILES string of the molecule is Cc1ccc2cc(C=C(C#N)c3nc(-c4cc5cc(Br)ccc5oc4=O)cs3)c(Cl)nc2c1. The number of benzene rings is 2. The van der Waals surface area contributed by atoms with Crippen LogP contribution in [-0.4, -0.2) is 9.97 Å². The maximum atomic E-state index is 12.5. The number of halogens is 2. The summed E-state index contributed by atoms with van der Waals surface area (Å²) in [4.78, 5) is 21.5. The number of hydrogen-bond donors (Lipinski definition) is 0. The van der Waals surface area contributed by atoms with Crippen LogP contribution in [0, 0.1) is 18.3 Å². The first-order valence-corrected chi connectivity index (χ1v) is 11.8. The second-order valence-corrected chi connectivity index (χ2v) is 9.53. The number of aryl methyl sites for hydroxylation is 1. The molecule has 3 aromatic heterocycles. The Labute approximate surface area is 205 Å². The van der Waals surface area contributed by atoms with Crippen molar-refractivity contribution in [2.24, 2.45) is 0 Å². The van der Waals surface area contributed by atoms with Crippen molar-refractivity contribution in [1.29, 1.82) is 5.26 Å². The zero-order valence-corrected chi connectivity index (χ0v) is 20.3. The Morgan fingerprint density at radius 2 is 2.00 bits per heavy atom. The Morgan fingerprint density at radius 1 is 1.15 bits per heavy atom. The van der Waals surface area contributed by atoms with Gasteiger partial charge in [-0.15, -0.1) is 11.3 Å². The average Bonchev–Trinajstić information content (AvgIpc) is 3.27. The number of pyridine rings is 1. The minimum atomic E-state index is -0.485. The first-order valence-electron chi connectivity index (χ1n) is 9.79. The van der Waals surface area contributed by atoms with Crippen molar-refractivity contribution < 1.29 is 4.42 Å². The fourth-order valence-corrected chi connectivity index (χ4v) is 4.83. The van der Waals surface area contributed by atoms with Crippen LogP contribution in [0.5, 0.6) is 0 Å². The van der Waals surface area contributed by atoms with E-state index in [1.165, 1.54) is 11.3 Å². The van der Waals surface area contributed by atoms with E-state index in [2.05, 4.69) is 32.0 Å². The fraction of sp³-hybridized carbons (Fsp3) is 0.0400. The van der Waals surface area contributed by atoms with E-state index >= 15 is 0 Å². The average molecular weight is 535 g/mol. The number of hydrogen-bond acceptors (Lipinski definition) is 6. The molecule has 0 spiro atoms. The van der Waals surface area contributed by atoms with E-state index in [0.717, 1.165) is 26.3 Å². The largest absolute Gasteiger partial charge is 0.422 e. The number of nitrogens with zero attached hydrogens (tertiary/aromatic N) is 3. The quantitative estimate of drug-likeness (QED) is 0.138. The number of aromatic nitrogens is 2. The van der Waals surface area contributed by atoms with Gasteiger partial charge < -0.3 is 4.42 Å². The molecule has 0 N–H and O–H groups in total. The van der Waals surface area contributed by atoms with Crippen LogP contribution in [0.25, 0.3) is 44.8 Å². The topological polar surface area (TPSA) is 79.8 Å². The molecular weight excluding hydrogens is 522 g/mol. The van der Waals surface area contributed by atoms with Crippen molar-refractivity contribution >= 4 is 72.4 Å². The molecule has 0 saturated carbocycles. The predicted octanol–water partition coefficient (Wildman–Crippen LogP) is 7.25. The van der Waals surface area contributed by atoms with Gasteiger partial charge in [0, 0.05) is 26.2 Å². The maximum Gasteiger partial charge on any atom is 0.345 e. The molecule has 3 heterocycles. The predicted molar refractivity (Wildman–Crippen MR) is 136 cm³/mol. The summed E-state index contributed by atoms with van der Waals surface area (Å²) in [5.74, 6) is 0. The van der Waals surface area contributed by atoms with Gasteiger partial charge in [0.25, 0.3) is 0 Å². The lowest BCUT2D eigenvalue weighted by Gasteiger charge is -2.04. The van der Waals surface area contributed by atoms with Crippen LogP contribution in [-0.2, 0) is 0 Å². The highest BCUT2D eigenvalue weighted by atomic mass is 79.9. The standard InChI is InChI=1S/C25H13BrClN3O2S/c1-13-2-3-14-7-16(23(27)29-20(14)6-13)8-17(11-28)24-30-21(12-33-24)19-10-15-9-18(26)4-5-22(15)32-25(19)31/h2-10,12H,1H3. The third-order valence-electron chi connectivity index (χ3n) is 5.08. The highest BCUT2D eigenvalue weighted by molar-refractivity contribution is 9.10. The van der Waals surface area contributed by atoms with Crippen molar-refractivity contribution in [3.8, 4) is 17.3 Å². The van der Waals surface area contributed by atoms with E-state index in [9.17, 15) is 10.1 Å². The molecule has 0 amide bonds. The van der Waals surface area contributed by atoms with Crippen molar-refractivity contribution in [3.63, 3.8) is 0 Å². The van der Waals surface area contributed by atoms with Gasteiger partial charge in [-0.3, -0.25) is 0 Å². The summed E-state index contributed by atoms with van der Waals surface area (Å²) >= 11 is 11.1. The minimum absolute atomic E-state index is 0.304. The summed E-state index contributed by atoms with van der Waals surface area (Å²) in [6.45, 7) is 1.99. The molecule has 2 aromatic carbocycles. The van der Waals surface area contributed by atoms with Crippen molar-refractivity contribution in [2.75, 3.05) is 0 Å². The molecule has 8 heteroatoms. The summed E-state index contributed by atoms with van der Waals surface area (Å²) < 4.78 is 6.32. The van der Waals surface area contributed by atoms with Gasteiger partial charge >= 0.3 is 5.63 Å². The monoisotopic (exact) mass is 533 g/mol. The maximum absolute atomic E-state index is 12.5. The first kappa shape index (κ1) is 21.5. The normalized spacial score (nSPS) is 11.8. The molecule has 0 atom stereocenters. The van der Waals surface area contributed by atoms with Gasteiger partial charge in [-0.2, -0.15) is 5.26 Å². The number of allylic oxidation sites excluding steroid dienone is 1. The van der Waals surface area contributed by atoms with Crippen molar-refractivity contribution in [2.45, 2.75) is 6.92 Å². The lowest BCUT2D eigenvalue weighted by molar-refractivity contribution is 0.563. The summed E-state index contributed by atoms with van der Waals surface area (Å²) in [5.41, 5.74) is 3.63. The number of fused-ring (bicyclic) bond motifs is 2. The minimum Gasteiger partial charge on any atom is -0.422 e. The van der Waals surface area contributed by atoms with Crippen LogP contribution in [0.1, 0.15) is 16.1 Å². The molecule has 0 unspecified atom stereocenters. The Hall–Kier alpha value is -3.31. The zero-order chi connectivity index (χ0) is 23.1. The summed E-state index contributed by atoms with van der Waals surface area (Å²) in [5, 5.41) is 14.0. The molecule has 0 fully saturated rings. The van der Waals surface area contributed by atoms with Crippen LogP contribution in [0.3, 0.4) is 0 Å². The van der Waals surface area contributed by atoms with Crippen LogP contribution >= 0.6 is 38.9 Å². The fourth-order valence-electron chi connectivity index (χ4n) is 3.46. The summed E-state index contributed by atoms with van der Waals surface area (Å²) in [6, 6.07) is 17.2. The Morgan fingerprint density at radius 3 is 2.82 bits per heavy atom. The molecule has 0 aliphatic carbocycles. The third kappa shape index (κ3) is 4.21. The Balaban J connectivity index is 1.56. The van der Waals surface area contributed by atoms with E-state index in [1.54, 1.807) is 23.6 Å². The van der Waals surface area contributed by atoms with Gasteiger partial charge in [-0.1, -0.05) is 39.7 Å². The molecule has 5 rings (SSSR count). The third-order valence-corrected chi connectivity index (χ3v) is 6.75. The Bertz CT molecular complexity index is 1700. The van der Waals surface area contributed by atoms with E-state index in [0.29, 0.717) is 38.1 Å². The molecule has 0 bridgehead atoms. The molecule has 0 aliphatic rings. The van der Waals surface area contributed by atoms with E-state index < -0.39 is 5.63 Å². The van der Waals surface area contributed by atoms with Gasteiger partial charge in [-0.25, -0.2) is 14.8 Å². The van der Waals surface area contributed by atoms with Crippen LogP contribution in [0.4, 0.5) is 0 Å². The molecule has 33 heavy (non-hydrogen) atoms. The van der Waals surface area contributed by atoms with Gasteiger partial charge in [-0.05, 0) is 55.0 Å². The Kier molecular flexibility index (Phi) is 5.59. The molecular formula is C25H13BrClN3O2S. The van der Waals surface area contributed by atoms with Gasteiger partial charge in [0.05, 0.1) is 22.3 Å². The highest BCUT2D eigenvalue weighted by Crippen LogP contribution is 2.30. The molecule has 0 aliphatic heterocycles. The van der Waals surface area contributed by atoms with E-state index in [4.69, 9.17) is 16.0 Å². The van der Waals surface area contributed by atoms with Crippen LogP contribution < -0.4 is 5.63 Å². The van der Waals surface area contributed by atoms with Gasteiger partial charge in [0.15, 0.2) is 0 Å². The van der Waals surface area contributed by atoms with E-state index in [1.807, 2.05) is 43.3 Å². The highest BCUT2D eigenvalue weighted by Gasteiger charge is 2.15. The molecule has 160 valence electrons. The number of thiazole rings is 1. The van der Waals surface area contributed by atoms with Gasteiger partial charge in [0.2, 0.25) is 0 Å². The smallest absolute Gasteiger partial charge is 0.345 e. The first-order chi connectivity index (χ1) is 15.9. The lowest BCUT2D eigenvalue weighted by atomic mass is 10.1.